The van der Waals surface area contributed by atoms with Gasteiger partial charge in [0.15, 0.2) is 0 Å². The third-order valence-electron chi connectivity index (χ3n) is 2.09. The number of carbonyl (C=O) groups is 1. The Morgan fingerprint density at radius 2 is 2.00 bits per heavy atom. The number of hydrogen-bond acceptors (Lipinski definition) is 2. The average Bonchev–Trinajstić information content (AvgIpc) is 2.25. The Hall–Kier alpha value is -1.57. The van der Waals surface area contributed by atoms with Gasteiger partial charge in [-0.2, -0.15) is 0 Å². The van der Waals surface area contributed by atoms with Gasteiger partial charge in [0.1, 0.15) is 6.61 Å². The maximum Gasteiger partial charge on any atom is 0.302 e. The van der Waals surface area contributed by atoms with E-state index in [1.165, 1.54) is 6.92 Å². The molecule has 80 valence electrons. The highest BCUT2D eigenvalue weighted by atomic mass is 16.5. The van der Waals surface area contributed by atoms with Gasteiger partial charge in [0.05, 0.1) is 0 Å². The Bertz CT molecular complexity index is 339. The minimum atomic E-state index is -0.234. The summed E-state index contributed by atoms with van der Waals surface area (Å²) in [7, 11) is 0. The number of ether oxygens (including phenoxy) is 1. The maximum absolute atomic E-state index is 10.7. The molecule has 0 bridgehead atoms. The lowest BCUT2D eigenvalue weighted by atomic mass is 10.1. The predicted molar refractivity (Wildman–Crippen MR) is 61.3 cm³/mol. The molecule has 15 heavy (non-hydrogen) atoms. The van der Waals surface area contributed by atoms with E-state index in [1.54, 1.807) is 0 Å². The summed E-state index contributed by atoms with van der Waals surface area (Å²) in [4.78, 5) is 10.7. The molecule has 0 unspecified atom stereocenters. The van der Waals surface area contributed by atoms with Crippen LogP contribution in [0.3, 0.4) is 0 Å². The molecule has 0 fully saturated rings. The van der Waals surface area contributed by atoms with Crippen LogP contribution in [0.4, 0.5) is 0 Å². The Morgan fingerprint density at radius 3 is 2.53 bits per heavy atom. The van der Waals surface area contributed by atoms with Crippen LogP contribution in [0.25, 0.3) is 6.08 Å². The first-order valence-corrected chi connectivity index (χ1v) is 5.10. The highest BCUT2D eigenvalue weighted by molar-refractivity contribution is 5.66. The molecule has 0 aliphatic carbocycles. The molecule has 0 saturated carbocycles. The molecule has 0 N–H and O–H groups in total. The van der Waals surface area contributed by atoms with Crippen LogP contribution in [-0.4, -0.2) is 12.6 Å². The van der Waals surface area contributed by atoms with Crippen molar-refractivity contribution in [2.75, 3.05) is 6.61 Å². The molecule has 0 amide bonds. The van der Waals surface area contributed by atoms with Crippen molar-refractivity contribution in [1.82, 2.24) is 0 Å². The van der Waals surface area contributed by atoms with Gasteiger partial charge in [0.2, 0.25) is 0 Å². The van der Waals surface area contributed by atoms with Crippen LogP contribution >= 0.6 is 0 Å². The molecule has 2 nitrogen and oxygen atoms in total. The van der Waals surface area contributed by atoms with Gasteiger partial charge >= 0.3 is 5.97 Å². The molecule has 0 radical (unpaired) electrons. The second-order valence-electron chi connectivity index (χ2n) is 3.35. The van der Waals surface area contributed by atoms with Gasteiger partial charge in [-0.15, -0.1) is 0 Å². The lowest BCUT2D eigenvalue weighted by Gasteiger charge is -2.05. The Labute approximate surface area is 90.6 Å². The van der Waals surface area contributed by atoms with Gasteiger partial charge in [0.25, 0.3) is 0 Å². The molecule has 2 heteroatoms. The molecule has 0 aromatic heterocycles. The average molecular weight is 204 g/mol. The number of esters is 1. The zero-order chi connectivity index (χ0) is 11.1. The van der Waals surface area contributed by atoms with Crippen LogP contribution in [0.5, 0.6) is 0 Å². The maximum atomic E-state index is 10.7. The molecule has 1 aromatic carbocycles. The van der Waals surface area contributed by atoms with Crippen molar-refractivity contribution in [1.29, 1.82) is 0 Å². The van der Waals surface area contributed by atoms with Crippen LogP contribution in [0.15, 0.2) is 35.9 Å². The Kier molecular flexibility index (Phi) is 4.61. The fourth-order valence-corrected chi connectivity index (χ4v) is 1.23. The number of carbonyl (C=O) groups excluding carboxylic acids is 1. The van der Waals surface area contributed by atoms with E-state index in [4.69, 9.17) is 4.74 Å². The molecule has 0 aliphatic heterocycles. The van der Waals surface area contributed by atoms with E-state index in [1.807, 2.05) is 30.3 Å². The quantitative estimate of drug-likeness (QED) is 0.704. The van der Waals surface area contributed by atoms with E-state index in [-0.39, 0.29) is 5.97 Å². The van der Waals surface area contributed by atoms with Gasteiger partial charge in [-0.05, 0) is 17.6 Å². The molecule has 0 heterocycles. The Morgan fingerprint density at radius 1 is 1.33 bits per heavy atom. The third-order valence-corrected chi connectivity index (χ3v) is 2.09. The molecule has 0 spiro atoms. The van der Waals surface area contributed by atoms with E-state index in [0.717, 1.165) is 17.6 Å². The van der Waals surface area contributed by atoms with E-state index in [9.17, 15) is 4.79 Å². The lowest BCUT2D eigenvalue weighted by molar-refractivity contribution is -0.139. The minimum absolute atomic E-state index is 0.234. The summed E-state index contributed by atoms with van der Waals surface area (Å²) < 4.78 is 4.96. The lowest BCUT2D eigenvalue weighted by Crippen LogP contribution is -2.02. The van der Waals surface area contributed by atoms with Gasteiger partial charge in [-0.25, -0.2) is 0 Å². The van der Waals surface area contributed by atoms with Crippen molar-refractivity contribution < 1.29 is 9.53 Å². The highest BCUT2D eigenvalue weighted by Gasteiger charge is 1.98. The van der Waals surface area contributed by atoms with E-state index < -0.39 is 0 Å². The van der Waals surface area contributed by atoms with Gasteiger partial charge < -0.3 is 4.74 Å². The molecule has 0 atom stereocenters. The largest absolute Gasteiger partial charge is 0.461 e. The van der Waals surface area contributed by atoms with Gasteiger partial charge in [-0.3, -0.25) is 4.79 Å². The summed E-state index contributed by atoms with van der Waals surface area (Å²) in [5, 5.41) is 0. The fraction of sp³-hybridized carbons (Fsp3) is 0.308. The second kappa shape index (κ2) is 6.02. The van der Waals surface area contributed by atoms with Crippen molar-refractivity contribution in [2.45, 2.75) is 20.3 Å². The molecular formula is C13H16O2. The fourth-order valence-electron chi connectivity index (χ4n) is 1.23. The summed E-state index contributed by atoms with van der Waals surface area (Å²) in [6, 6.07) is 10.0. The molecular weight excluding hydrogens is 188 g/mol. The molecule has 0 saturated heterocycles. The van der Waals surface area contributed by atoms with E-state index in [0.29, 0.717) is 6.61 Å². The van der Waals surface area contributed by atoms with Crippen LogP contribution in [-0.2, 0) is 9.53 Å². The first-order chi connectivity index (χ1) is 7.22. The third kappa shape index (κ3) is 4.45. The minimum Gasteiger partial charge on any atom is -0.461 e. The van der Waals surface area contributed by atoms with E-state index in [2.05, 4.69) is 13.0 Å². The SMILES string of the molecule is CC/C(=C\c1ccccc1)COC(C)=O. The zero-order valence-corrected chi connectivity index (χ0v) is 9.19. The summed E-state index contributed by atoms with van der Waals surface area (Å²) in [6.07, 6.45) is 2.95. The van der Waals surface area contributed by atoms with Gasteiger partial charge in [0, 0.05) is 6.92 Å². The van der Waals surface area contributed by atoms with Crippen LogP contribution in [0.1, 0.15) is 25.8 Å². The topological polar surface area (TPSA) is 26.3 Å². The summed E-state index contributed by atoms with van der Waals surface area (Å²) in [6.45, 7) is 3.87. The summed E-state index contributed by atoms with van der Waals surface area (Å²) in [5.41, 5.74) is 2.26. The van der Waals surface area contributed by atoms with Crippen LogP contribution in [0.2, 0.25) is 0 Å². The van der Waals surface area contributed by atoms with Crippen molar-refractivity contribution in [2.24, 2.45) is 0 Å². The van der Waals surface area contributed by atoms with Crippen molar-refractivity contribution in [3.05, 3.63) is 41.5 Å². The zero-order valence-electron chi connectivity index (χ0n) is 9.19. The van der Waals surface area contributed by atoms with E-state index >= 15 is 0 Å². The van der Waals surface area contributed by atoms with Crippen LogP contribution in [0, 0.1) is 0 Å². The standard InChI is InChI=1S/C13H16O2/c1-3-12(10-15-11(2)14)9-13-7-5-4-6-8-13/h4-9H,3,10H2,1-2H3/b12-9+. The van der Waals surface area contributed by atoms with Crippen LogP contribution < -0.4 is 0 Å². The normalized spacial score (nSPS) is 11.2. The van der Waals surface area contributed by atoms with Gasteiger partial charge in [-0.1, -0.05) is 43.3 Å². The second-order valence-corrected chi connectivity index (χ2v) is 3.35. The molecule has 1 aromatic rings. The molecule has 0 aliphatic rings. The number of hydrogen-bond donors (Lipinski definition) is 0. The Balaban J connectivity index is 2.65. The number of rotatable bonds is 4. The number of benzene rings is 1. The predicted octanol–water partition coefficient (Wildman–Crippen LogP) is 3.04. The first kappa shape index (κ1) is 11.5. The van der Waals surface area contributed by atoms with Crippen molar-refractivity contribution in [3.63, 3.8) is 0 Å². The molecule has 1 rings (SSSR count). The van der Waals surface area contributed by atoms with Crippen molar-refractivity contribution >= 4 is 12.0 Å². The monoisotopic (exact) mass is 204 g/mol. The first-order valence-electron chi connectivity index (χ1n) is 5.10. The van der Waals surface area contributed by atoms with Crippen molar-refractivity contribution in [3.8, 4) is 0 Å². The summed E-state index contributed by atoms with van der Waals surface area (Å²) in [5.74, 6) is -0.234. The summed E-state index contributed by atoms with van der Waals surface area (Å²) >= 11 is 0. The highest BCUT2D eigenvalue weighted by Crippen LogP contribution is 2.09. The smallest absolute Gasteiger partial charge is 0.302 e.